The summed E-state index contributed by atoms with van der Waals surface area (Å²) in [6, 6.07) is 10.1. The lowest BCUT2D eigenvalue weighted by atomic mass is 10.1. The number of ether oxygens (including phenoxy) is 1. The Labute approximate surface area is 136 Å². The minimum atomic E-state index is -0.845. The summed E-state index contributed by atoms with van der Waals surface area (Å²) in [7, 11) is 1.45. The molecule has 2 amide bonds. The van der Waals surface area contributed by atoms with Crippen molar-refractivity contribution in [1.82, 2.24) is 0 Å². The van der Waals surface area contributed by atoms with E-state index in [4.69, 9.17) is 14.9 Å². The Morgan fingerprint density at radius 2 is 1.96 bits per heavy atom. The number of rotatable bonds is 4. The van der Waals surface area contributed by atoms with E-state index in [9.17, 15) is 14.0 Å². The Morgan fingerprint density at radius 3 is 2.62 bits per heavy atom. The summed E-state index contributed by atoms with van der Waals surface area (Å²) < 4.78 is 23.9. The summed E-state index contributed by atoms with van der Waals surface area (Å²) in [4.78, 5) is 24.0. The van der Waals surface area contributed by atoms with Crippen LogP contribution in [-0.2, 0) is 0 Å². The van der Waals surface area contributed by atoms with E-state index in [1.165, 1.54) is 25.3 Å². The third-order valence-electron chi connectivity index (χ3n) is 3.45. The lowest BCUT2D eigenvalue weighted by Crippen LogP contribution is -2.17. The number of anilines is 1. The van der Waals surface area contributed by atoms with Crippen LogP contribution in [0.15, 0.2) is 46.9 Å². The summed E-state index contributed by atoms with van der Waals surface area (Å²) in [6.07, 6.45) is 0. The first-order valence-corrected chi connectivity index (χ1v) is 6.97. The van der Waals surface area contributed by atoms with Crippen molar-refractivity contribution < 1.29 is 23.1 Å². The number of hydrogen-bond acceptors (Lipinski definition) is 4. The number of para-hydroxylation sites is 1. The molecular weight excluding hydrogens is 315 g/mol. The summed E-state index contributed by atoms with van der Waals surface area (Å²) >= 11 is 0. The van der Waals surface area contributed by atoms with Crippen LogP contribution < -0.4 is 15.8 Å². The average Bonchev–Trinajstić information content (AvgIpc) is 2.93. The molecule has 0 aliphatic carbocycles. The van der Waals surface area contributed by atoms with Crippen molar-refractivity contribution in [3.05, 3.63) is 59.6 Å². The summed E-state index contributed by atoms with van der Waals surface area (Å²) in [5.41, 5.74) is 5.82. The maximum absolute atomic E-state index is 13.3. The quantitative estimate of drug-likeness (QED) is 0.770. The maximum Gasteiger partial charge on any atom is 0.286 e. The predicted octanol–water partition coefficient (Wildman–Crippen LogP) is 2.93. The van der Waals surface area contributed by atoms with Gasteiger partial charge in [0.25, 0.3) is 11.8 Å². The Morgan fingerprint density at radius 1 is 1.21 bits per heavy atom. The van der Waals surface area contributed by atoms with E-state index in [-0.39, 0.29) is 22.6 Å². The number of carbonyl (C=O) groups excluding carboxylic acids is 2. The highest BCUT2D eigenvalue weighted by Crippen LogP contribution is 2.36. The van der Waals surface area contributed by atoms with Gasteiger partial charge in [-0.25, -0.2) is 4.39 Å². The third kappa shape index (κ3) is 2.67. The number of benzene rings is 2. The SMILES string of the molecule is COc1cccc2c(NC(=O)c3cccc(F)c3)c(C(N)=O)oc12. The first-order chi connectivity index (χ1) is 11.5. The Balaban J connectivity index is 2.09. The molecule has 0 bridgehead atoms. The fraction of sp³-hybridized carbons (Fsp3) is 0.0588. The minimum Gasteiger partial charge on any atom is -0.493 e. The molecule has 3 rings (SSSR count). The lowest BCUT2D eigenvalue weighted by Gasteiger charge is -2.05. The van der Waals surface area contributed by atoms with Crippen LogP contribution in [0, 0.1) is 5.82 Å². The average molecular weight is 328 g/mol. The van der Waals surface area contributed by atoms with Crippen LogP contribution in [0.3, 0.4) is 0 Å². The van der Waals surface area contributed by atoms with Gasteiger partial charge in [-0.05, 0) is 30.3 Å². The molecule has 0 unspecified atom stereocenters. The normalized spacial score (nSPS) is 10.6. The first kappa shape index (κ1) is 15.5. The maximum atomic E-state index is 13.3. The first-order valence-electron chi connectivity index (χ1n) is 6.97. The van der Waals surface area contributed by atoms with Crippen molar-refractivity contribution >= 4 is 28.5 Å². The van der Waals surface area contributed by atoms with Crippen LogP contribution >= 0.6 is 0 Å². The number of furan rings is 1. The molecule has 0 saturated carbocycles. The lowest BCUT2D eigenvalue weighted by molar-refractivity contribution is 0.0977. The third-order valence-corrected chi connectivity index (χ3v) is 3.45. The second-order valence-electron chi connectivity index (χ2n) is 4.97. The molecule has 0 spiro atoms. The highest BCUT2D eigenvalue weighted by Gasteiger charge is 2.23. The van der Waals surface area contributed by atoms with Crippen LogP contribution in [-0.4, -0.2) is 18.9 Å². The number of carbonyl (C=O) groups is 2. The van der Waals surface area contributed by atoms with Gasteiger partial charge < -0.3 is 20.2 Å². The van der Waals surface area contributed by atoms with Gasteiger partial charge in [0, 0.05) is 10.9 Å². The Hall–Kier alpha value is -3.35. The minimum absolute atomic E-state index is 0.0997. The smallest absolute Gasteiger partial charge is 0.286 e. The summed E-state index contributed by atoms with van der Waals surface area (Å²) in [5.74, 6) is -1.80. The molecule has 0 atom stereocenters. The van der Waals surface area contributed by atoms with E-state index in [1.807, 2.05) is 0 Å². The van der Waals surface area contributed by atoms with E-state index in [0.717, 1.165) is 6.07 Å². The van der Waals surface area contributed by atoms with Gasteiger partial charge in [0.2, 0.25) is 5.76 Å². The van der Waals surface area contributed by atoms with Crippen LogP contribution in [0.4, 0.5) is 10.1 Å². The number of fused-ring (bicyclic) bond motifs is 1. The van der Waals surface area contributed by atoms with E-state index in [2.05, 4.69) is 5.32 Å². The zero-order valence-corrected chi connectivity index (χ0v) is 12.6. The summed E-state index contributed by atoms with van der Waals surface area (Å²) in [6.45, 7) is 0. The van der Waals surface area contributed by atoms with Crippen LogP contribution in [0.25, 0.3) is 11.0 Å². The molecule has 3 N–H and O–H groups in total. The fourth-order valence-electron chi connectivity index (χ4n) is 2.37. The molecule has 0 aliphatic heterocycles. The van der Waals surface area contributed by atoms with Crippen LogP contribution in [0.1, 0.15) is 20.9 Å². The number of methoxy groups -OCH3 is 1. The van der Waals surface area contributed by atoms with Crippen molar-refractivity contribution in [2.24, 2.45) is 5.73 Å². The highest BCUT2D eigenvalue weighted by atomic mass is 19.1. The molecule has 122 valence electrons. The Bertz CT molecular complexity index is 949. The van der Waals surface area contributed by atoms with Crippen molar-refractivity contribution in [1.29, 1.82) is 0 Å². The monoisotopic (exact) mass is 328 g/mol. The molecule has 7 heteroatoms. The number of amides is 2. The molecular formula is C17H13FN2O4. The van der Waals surface area contributed by atoms with Gasteiger partial charge in [-0.2, -0.15) is 0 Å². The van der Waals surface area contributed by atoms with E-state index in [0.29, 0.717) is 11.1 Å². The van der Waals surface area contributed by atoms with Crippen LogP contribution in [0.2, 0.25) is 0 Å². The van der Waals surface area contributed by atoms with Gasteiger partial charge in [-0.1, -0.05) is 12.1 Å². The molecule has 0 aliphatic rings. The zero-order valence-electron chi connectivity index (χ0n) is 12.6. The standard InChI is InChI=1S/C17H13FN2O4/c1-23-12-7-3-6-11-13(15(16(19)21)24-14(11)12)20-17(22)9-4-2-5-10(18)8-9/h2-8H,1H3,(H2,19,21)(H,20,22). The topological polar surface area (TPSA) is 94.6 Å². The Kier molecular flexibility index (Phi) is 3.91. The second-order valence-corrected chi connectivity index (χ2v) is 4.97. The number of halogens is 1. The van der Waals surface area contributed by atoms with Gasteiger partial charge in [0.05, 0.1) is 7.11 Å². The molecule has 3 aromatic rings. The molecule has 1 heterocycles. The van der Waals surface area contributed by atoms with E-state index >= 15 is 0 Å². The molecule has 0 fully saturated rings. The second kappa shape index (κ2) is 6.04. The molecule has 6 nitrogen and oxygen atoms in total. The molecule has 0 radical (unpaired) electrons. The molecule has 0 saturated heterocycles. The van der Waals surface area contributed by atoms with Gasteiger partial charge in [-0.15, -0.1) is 0 Å². The van der Waals surface area contributed by atoms with Gasteiger partial charge in [0.1, 0.15) is 11.5 Å². The molecule has 24 heavy (non-hydrogen) atoms. The number of nitrogens with one attached hydrogen (secondary N) is 1. The number of hydrogen-bond donors (Lipinski definition) is 2. The van der Waals surface area contributed by atoms with E-state index < -0.39 is 17.6 Å². The molecule has 1 aromatic heterocycles. The zero-order chi connectivity index (χ0) is 17.3. The van der Waals surface area contributed by atoms with Crippen molar-refractivity contribution in [2.45, 2.75) is 0 Å². The van der Waals surface area contributed by atoms with Crippen LogP contribution in [0.5, 0.6) is 5.75 Å². The number of nitrogens with two attached hydrogens (primary N) is 1. The van der Waals surface area contributed by atoms with Crippen molar-refractivity contribution in [3.8, 4) is 5.75 Å². The van der Waals surface area contributed by atoms with Gasteiger partial charge in [-0.3, -0.25) is 9.59 Å². The highest BCUT2D eigenvalue weighted by molar-refractivity contribution is 6.14. The molecule has 2 aromatic carbocycles. The van der Waals surface area contributed by atoms with Gasteiger partial charge in [0.15, 0.2) is 11.3 Å². The summed E-state index contributed by atoms with van der Waals surface area (Å²) in [5, 5.41) is 3.01. The van der Waals surface area contributed by atoms with Gasteiger partial charge >= 0.3 is 0 Å². The van der Waals surface area contributed by atoms with E-state index in [1.54, 1.807) is 18.2 Å². The fourth-order valence-corrected chi connectivity index (χ4v) is 2.37. The van der Waals surface area contributed by atoms with Crippen molar-refractivity contribution in [3.63, 3.8) is 0 Å². The number of primary amides is 1. The predicted molar refractivity (Wildman–Crippen MR) is 85.6 cm³/mol. The largest absolute Gasteiger partial charge is 0.493 e. The van der Waals surface area contributed by atoms with Crippen molar-refractivity contribution in [2.75, 3.05) is 12.4 Å².